The van der Waals surface area contributed by atoms with Gasteiger partial charge >= 0.3 is 0 Å². The molecule has 3 N–H and O–H groups in total. The van der Waals surface area contributed by atoms with Gasteiger partial charge in [0.25, 0.3) is 5.91 Å². The number of carbonyl (C=O) groups excluding carboxylic acids is 1. The van der Waals surface area contributed by atoms with Gasteiger partial charge in [-0.2, -0.15) is 4.31 Å². The standard InChI is InChI=1S/C20H20FN3O5S/c21-13-6-7-17-16(10-13)19(18(23-17)20(22)25)30(26,27)24-8-9-28-15(11-24)12-29-14-4-2-1-3-5-14/h1-7,10,15,23H,8-9,11-12H2,(H2,22,25)/t15-/m1/s1. The van der Waals surface area contributed by atoms with Crippen LogP contribution in [0.4, 0.5) is 4.39 Å². The number of carbonyl (C=O) groups is 1. The minimum atomic E-state index is -4.15. The summed E-state index contributed by atoms with van der Waals surface area (Å²) >= 11 is 0. The normalized spacial score (nSPS) is 17.8. The van der Waals surface area contributed by atoms with E-state index < -0.39 is 27.9 Å². The molecule has 1 amide bonds. The summed E-state index contributed by atoms with van der Waals surface area (Å²) in [5.74, 6) is -0.920. The van der Waals surface area contributed by atoms with Gasteiger partial charge < -0.3 is 20.2 Å². The molecular weight excluding hydrogens is 413 g/mol. The second-order valence-electron chi connectivity index (χ2n) is 6.86. The number of primary amides is 1. The highest BCUT2D eigenvalue weighted by atomic mass is 32.2. The number of nitrogens with two attached hydrogens (primary N) is 1. The predicted molar refractivity (Wildman–Crippen MR) is 107 cm³/mol. The van der Waals surface area contributed by atoms with Gasteiger partial charge in [-0.3, -0.25) is 4.79 Å². The van der Waals surface area contributed by atoms with E-state index in [4.69, 9.17) is 15.2 Å². The third-order valence-electron chi connectivity index (χ3n) is 4.84. The number of benzene rings is 2. The van der Waals surface area contributed by atoms with Crippen LogP contribution in [0.5, 0.6) is 5.75 Å². The molecule has 0 spiro atoms. The molecule has 1 saturated heterocycles. The molecule has 2 heterocycles. The van der Waals surface area contributed by atoms with E-state index in [2.05, 4.69) is 4.98 Å². The number of para-hydroxylation sites is 1. The Bertz CT molecular complexity index is 1180. The maximum absolute atomic E-state index is 13.8. The number of nitrogens with zero attached hydrogens (tertiary/aromatic N) is 1. The van der Waals surface area contributed by atoms with Gasteiger partial charge in [0, 0.05) is 24.0 Å². The second-order valence-corrected chi connectivity index (χ2v) is 8.74. The quantitative estimate of drug-likeness (QED) is 0.616. The number of rotatable bonds is 6. The highest BCUT2D eigenvalue weighted by Crippen LogP contribution is 2.31. The number of halogens is 1. The Labute approximate surface area is 172 Å². The molecule has 2 aromatic carbocycles. The Kier molecular flexibility index (Phi) is 5.46. The minimum Gasteiger partial charge on any atom is -0.491 e. The molecule has 0 radical (unpaired) electrons. The number of fused-ring (bicyclic) bond motifs is 1. The molecule has 1 aliphatic heterocycles. The number of amides is 1. The summed E-state index contributed by atoms with van der Waals surface area (Å²) in [6.07, 6.45) is -0.507. The highest BCUT2D eigenvalue weighted by Gasteiger charge is 2.36. The van der Waals surface area contributed by atoms with Crippen LogP contribution in [0.1, 0.15) is 10.5 Å². The summed E-state index contributed by atoms with van der Waals surface area (Å²) in [5, 5.41) is 0.0763. The molecular formula is C20H20FN3O5S. The lowest BCUT2D eigenvalue weighted by molar-refractivity contribution is -0.0249. The zero-order chi connectivity index (χ0) is 21.3. The van der Waals surface area contributed by atoms with Gasteiger partial charge in [-0.25, -0.2) is 12.8 Å². The van der Waals surface area contributed by atoms with Gasteiger partial charge in [0.05, 0.1) is 6.61 Å². The van der Waals surface area contributed by atoms with Crippen LogP contribution in [0.2, 0.25) is 0 Å². The van der Waals surface area contributed by atoms with Crippen molar-refractivity contribution in [3.05, 3.63) is 60.0 Å². The lowest BCUT2D eigenvalue weighted by Crippen LogP contribution is -2.47. The largest absolute Gasteiger partial charge is 0.491 e. The number of ether oxygens (including phenoxy) is 2. The van der Waals surface area contributed by atoms with Crippen molar-refractivity contribution in [3.63, 3.8) is 0 Å². The molecule has 0 saturated carbocycles. The topological polar surface area (TPSA) is 115 Å². The average molecular weight is 433 g/mol. The zero-order valence-electron chi connectivity index (χ0n) is 15.9. The Hall–Kier alpha value is -2.95. The van der Waals surface area contributed by atoms with Crippen LogP contribution in [0, 0.1) is 5.82 Å². The predicted octanol–water partition coefficient (Wildman–Crippen LogP) is 1.87. The van der Waals surface area contributed by atoms with Crippen LogP contribution < -0.4 is 10.5 Å². The monoisotopic (exact) mass is 433 g/mol. The van der Waals surface area contributed by atoms with Crippen molar-refractivity contribution < 1.29 is 27.1 Å². The van der Waals surface area contributed by atoms with E-state index in [1.807, 2.05) is 18.2 Å². The summed E-state index contributed by atoms with van der Waals surface area (Å²) in [6.45, 7) is 0.422. The Balaban J connectivity index is 1.62. The molecule has 10 heteroatoms. The molecule has 1 aromatic heterocycles. The summed E-state index contributed by atoms with van der Waals surface area (Å²) in [4.78, 5) is 14.3. The molecule has 30 heavy (non-hydrogen) atoms. The fourth-order valence-corrected chi connectivity index (χ4v) is 5.22. The number of nitrogens with one attached hydrogen (secondary N) is 1. The fourth-order valence-electron chi connectivity index (χ4n) is 3.43. The summed E-state index contributed by atoms with van der Waals surface area (Å²) in [7, 11) is -4.15. The first-order valence-electron chi connectivity index (χ1n) is 9.27. The summed E-state index contributed by atoms with van der Waals surface area (Å²) in [6, 6.07) is 12.7. The van der Waals surface area contributed by atoms with E-state index in [0.717, 1.165) is 6.07 Å². The molecule has 0 bridgehead atoms. The van der Waals surface area contributed by atoms with E-state index in [0.29, 0.717) is 11.3 Å². The van der Waals surface area contributed by atoms with E-state index >= 15 is 0 Å². The molecule has 3 aromatic rings. The van der Waals surface area contributed by atoms with Crippen LogP contribution in [0.15, 0.2) is 53.4 Å². The molecule has 0 aliphatic carbocycles. The molecule has 1 aliphatic rings. The Morgan fingerprint density at radius 3 is 2.77 bits per heavy atom. The molecule has 4 rings (SSSR count). The number of morpholine rings is 1. The first-order valence-corrected chi connectivity index (χ1v) is 10.7. The van der Waals surface area contributed by atoms with Crippen molar-refractivity contribution in [1.82, 2.24) is 9.29 Å². The van der Waals surface area contributed by atoms with Gasteiger partial charge in [0.15, 0.2) is 0 Å². The van der Waals surface area contributed by atoms with Crippen LogP contribution in [-0.2, 0) is 14.8 Å². The average Bonchev–Trinajstić information content (AvgIpc) is 3.13. The third kappa shape index (κ3) is 3.89. The maximum atomic E-state index is 13.8. The van der Waals surface area contributed by atoms with E-state index in [1.165, 1.54) is 16.4 Å². The number of hydrogen-bond donors (Lipinski definition) is 2. The number of sulfonamides is 1. The third-order valence-corrected chi connectivity index (χ3v) is 6.79. The number of hydrogen-bond acceptors (Lipinski definition) is 5. The highest BCUT2D eigenvalue weighted by molar-refractivity contribution is 7.89. The van der Waals surface area contributed by atoms with Gasteiger partial charge in [-0.15, -0.1) is 0 Å². The van der Waals surface area contributed by atoms with E-state index in [9.17, 15) is 17.6 Å². The molecule has 1 atom stereocenters. The van der Waals surface area contributed by atoms with Crippen LogP contribution in [0.3, 0.4) is 0 Å². The van der Waals surface area contributed by atoms with Crippen molar-refractivity contribution in [3.8, 4) is 5.75 Å². The zero-order valence-corrected chi connectivity index (χ0v) is 16.7. The molecule has 0 unspecified atom stereocenters. The van der Waals surface area contributed by atoms with Crippen molar-refractivity contribution in [1.29, 1.82) is 0 Å². The van der Waals surface area contributed by atoms with Crippen molar-refractivity contribution in [2.75, 3.05) is 26.3 Å². The number of aromatic amines is 1. The van der Waals surface area contributed by atoms with Crippen molar-refractivity contribution in [2.45, 2.75) is 11.0 Å². The van der Waals surface area contributed by atoms with Crippen LogP contribution in [0.25, 0.3) is 10.9 Å². The smallest absolute Gasteiger partial charge is 0.266 e. The van der Waals surface area contributed by atoms with E-state index in [-0.39, 0.29) is 42.3 Å². The lowest BCUT2D eigenvalue weighted by atomic mass is 10.2. The molecule has 8 nitrogen and oxygen atoms in total. The summed E-state index contributed by atoms with van der Waals surface area (Å²) in [5.41, 5.74) is 5.42. The molecule has 1 fully saturated rings. The van der Waals surface area contributed by atoms with Gasteiger partial charge in [0.2, 0.25) is 10.0 Å². The lowest BCUT2D eigenvalue weighted by Gasteiger charge is -2.32. The van der Waals surface area contributed by atoms with Crippen LogP contribution >= 0.6 is 0 Å². The Morgan fingerprint density at radius 2 is 2.03 bits per heavy atom. The summed E-state index contributed by atoms with van der Waals surface area (Å²) < 4.78 is 53.1. The van der Waals surface area contributed by atoms with Gasteiger partial charge in [-0.05, 0) is 30.3 Å². The van der Waals surface area contributed by atoms with Crippen LogP contribution in [-0.4, -0.2) is 56.0 Å². The molecule has 158 valence electrons. The first kappa shape index (κ1) is 20.3. The fraction of sp³-hybridized carbons (Fsp3) is 0.250. The van der Waals surface area contributed by atoms with Crippen molar-refractivity contribution >= 4 is 26.8 Å². The van der Waals surface area contributed by atoms with Gasteiger partial charge in [0.1, 0.15) is 34.9 Å². The second kappa shape index (κ2) is 8.05. The van der Waals surface area contributed by atoms with Gasteiger partial charge in [-0.1, -0.05) is 18.2 Å². The maximum Gasteiger partial charge on any atom is 0.266 e. The number of aromatic nitrogens is 1. The number of H-pyrrole nitrogens is 1. The minimum absolute atomic E-state index is 0.0232. The van der Waals surface area contributed by atoms with E-state index in [1.54, 1.807) is 12.1 Å². The first-order chi connectivity index (χ1) is 14.4. The van der Waals surface area contributed by atoms with Crippen molar-refractivity contribution in [2.24, 2.45) is 5.73 Å². The SMILES string of the molecule is NC(=O)c1[nH]c2ccc(F)cc2c1S(=O)(=O)N1CCO[C@@H](COc2ccccc2)C1. The Morgan fingerprint density at radius 1 is 1.27 bits per heavy atom.